The number of halogens is 2. The minimum Gasteiger partial charge on any atom is -0.378 e. The number of nitrogens with two attached hydrogens (primary N) is 1. The first-order valence-corrected chi connectivity index (χ1v) is 7.34. The highest BCUT2D eigenvalue weighted by molar-refractivity contribution is 6.31. The van der Waals surface area contributed by atoms with Crippen molar-refractivity contribution in [1.82, 2.24) is 0 Å². The minimum atomic E-state index is -0.262. The van der Waals surface area contributed by atoms with Gasteiger partial charge < -0.3 is 10.5 Å². The van der Waals surface area contributed by atoms with Crippen LogP contribution in [-0.4, -0.2) is 18.8 Å². The van der Waals surface area contributed by atoms with Gasteiger partial charge in [0.1, 0.15) is 5.82 Å². The summed E-state index contributed by atoms with van der Waals surface area (Å²) >= 11 is 6.00. The van der Waals surface area contributed by atoms with Crippen molar-refractivity contribution in [2.75, 3.05) is 6.61 Å². The zero-order valence-electron chi connectivity index (χ0n) is 11.1. The monoisotopic (exact) mass is 285 g/mol. The Balaban J connectivity index is 1.75. The van der Waals surface area contributed by atoms with E-state index in [-0.39, 0.29) is 11.9 Å². The van der Waals surface area contributed by atoms with Gasteiger partial charge in [0.05, 0.1) is 6.10 Å². The van der Waals surface area contributed by atoms with Crippen LogP contribution in [0.1, 0.15) is 37.7 Å². The lowest BCUT2D eigenvalue weighted by molar-refractivity contribution is 0.101. The molecule has 0 bridgehead atoms. The van der Waals surface area contributed by atoms with Gasteiger partial charge in [-0.05, 0) is 50.7 Å². The van der Waals surface area contributed by atoms with Crippen LogP contribution in [0.15, 0.2) is 18.2 Å². The Morgan fingerprint density at radius 1 is 1.47 bits per heavy atom. The molecule has 19 heavy (non-hydrogen) atoms. The molecule has 1 heterocycles. The molecule has 4 heteroatoms. The van der Waals surface area contributed by atoms with Crippen molar-refractivity contribution in [3.63, 3.8) is 0 Å². The fraction of sp³-hybridized carbons (Fsp3) is 0.600. The van der Waals surface area contributed by atoms with Crippen LogP contribution in [0.4, 0.5) is 4.39 Å². The molecule has 0 spiro atoms. The first-order chi connectivity index (χ1) is 9.16. The van der Waals surface area contributed by atoms with E-state index < -0.39 is 0 Å². The summed E-state index contributed by atoms with van der Waals surface area (Å²) in [6.45, 7) is 0.890. The molecule has 1 saturated heterocycles. The second-order valence-corrected chi connectivity index (χ2v) is 5.64. The quantitative estimate of drug-likeness (QED) is 0.865. The molecule has 2 N–H and O–H groups in total. The first kappa shape index (κ1) is 14.8. The van der Waals surface area contributed by atoms with E-state index in [4.69, 9.17) is 22.1 Å². The lowest BCUT2D eigenvalue weighted by Crippen LogP contribution is -2.24. The van der Waals surface area contributed by atoms with Gasteiger partial charge in [-0.2, -0.15) is 0 Å². The SMILES string of the molecule is NC(CCCC1CCCO1)Cc1c(F)cccc1Cl. The maximum Gasteiger partial charge on any atom is 0.127 e. The van der Waals surface area contributed by atoms with Gasteiger partial charge in [0.25, 0.3) is 0 Å². The molecule has 1 aromatic rings. The second kappa shape index (κ2) is 7.22. The van der Waals surface area contributed by atoms with Crippen molar-refractivity contribution in [3.8, 4) is 0 Å². The van der Waals surface area contributed by atoms with E-state index in [2.05, 4.69) is 0 Å². The molecule has 1 aliphatic rings. The van der Waals surface area contributed by atoms with Crippen molar-refractivity contribution in [3.05, 3.63) is 34.6 Å². The summed E-state index contributed by atoms with van der Waals surface area (Å²) in [5, 5.41) is 0.467. The maximum absolute atomic E-state index is 13.6. The van der Waals surface area contributed by atoms with Crippen LogP contribution in [0.2, 0.25) is 5.02 Å². The van der Waals surface area contributed by atoms with Crippen LogP contribution in [-0.2, 0) is 11.2 Å². The molecule has 0 amide bonds. The number of hydrogen-bond donors (Lipinski definition) is 1. The number of ether oxygens (including phenoxy) is 1. The molecule has 2 unspecified atom stereocenters. The van der Waals surface area contributed by atoms with Gasteiger partial charge in [-0.15, -0.1) is 0 Å². The summed E-state index contributed by atoms with van der Waals surface area (Å²) < 4.78 is 19.2. The lowest BCUT2D eigenvalue weighted by Gasteiger charge is -2.15. The van der Waals surface area contributed by atoms with E-state index in [9.17, 15) is 4.39 Å². The Kier molecular flexibility index (Phi) is 5.61. The maximum atomic E-state index is 13.6. The summed E-state index contributed by atoms with van der Waals surface area (Å²) in [4.78, 5) is 0. The molecule has 106 valence electrons. The Bertz CT molecular complexity index is 387. The van der Waals surface area contributed by atoms with Crippen LogP contribution in [0.25, 0.3) is 0 Å². The Hall–Kier alpha value is -0.640. The van der Waals surface area contributed by atoms with Crippen molar-refractivity contribution >= 4 is 11.6 Å². The molecule has 0 aromatic heterocycles. The normalized spacial score (nSPS) is 20.7. The molecule has 2 atom stereocenters. The minimum absolute atomic E-state index is 0.0456. The van der Waals surface area contributed by atoms with Crippen LogP contribution >= 0.6 is 11.6 Å². The topological polar surface area (TPSA) is 35.2 Å². The molecule has 1 fully saturated rings. The van der Waals surface area contributed by atoms with Gasteiger partial charge in [-0.25, -0.2) is 4.39 Å². The molecule has 1 aliphatic heterocycles. The molecule has 0 radical (unpaired) electrons. The lowest BCUT2D eigenvalue weighted by atomic mass is 9.99. The summed E-state index contributed by atoms with van der Waals surface area (Å²) in [5.74, 6) is -0.262. The van der Waals surface area contributed by atoms with E-state index in [0.717, 1.165) is 32.3 Å². The average Bonchev–Trinajstić information content (AvgIpc) is 2.87. The summed E-state index contributed by atoms with van der Waals surface area (Å²) in [5.41, 5.74) is 6.60. The summed E-state index contributed by atoms with van der Waals surface area (Å²) in [7, 11) is 0. The van der Waals surface area contributed by atoms with E-state index >= 15 is 0 Å². The molecule has 2 rings (SSSR count). The molecule has 0 aliphatic carbocycles. The number of hydrogen-bond acceptors (Lipinski definition) is 2. The van der Waals surface area contributed by atoms with E-state index in [0.29, 0.717) is 23.1 Å². The zero-order chi connectivity index (χ0) is 13.7. The highest BCUT2D eigenvalue weighted by Crippen LogP contribution is 2.22. The summed E-state index contributed by atoms with van der Waals surface area (Å²) in [6, 6.07) is 4.71. The van der Waals surface area contributed by atoms with Crippen molar-refractivity contribution in [1.29, 1.82) is 0 Å². The Morgan fingerprint density at radius 2 is 2.32 bits per heavy atom. The van der Waals surface area contributed by atoms with Gasteiger partial charge in [0, 0.05) is 23.2 Å². The van der Waals surface area contributed by atoms with Crippen LogP contribution in [0.5, 0.6) is 0 Å². The third-order valence-electron chi connectivity index (χ3n) is 3.65. The van der Waals surface area contributed by atoms with Gasteiger partial charge in [-0.3, -0.25) is 0 Å². The highest BCUT2D eigenvalue weighted by Gasteiger charge is 2.16. The predicted molar refractivity (Wildman–Crippen MR) is 75.9 cm³/mol. The van der Waals surface area contributed by atoms with Gasteiger partial charge in [-0.1, -0.05) is 17.7 Å². The predicted octanol–water partition coefficient (Wildman–Crippen LogP) is 3.70. The third-order valence-corrected chi connectivity index (χ3v) is 4.01. The second-order valence-electron chi connectivity index (χ2n) is 5.23. The smallest absolute Gasteiger partial charge is 0.127 e. The highest BCUT2D eigenvalue weighted by atomic mass is 35.5. The first-order valence-electron chi connectivity index (χ1n) is 6.97. The standard InChI is InChI=1S/C15H21ClFNO/c16-14-7-2-8-15(17)13(14)10-11(18)4-1-5-12-6-3-9-19-12/h2,7-8,11-12H,1,3-6,9-10,18H2. The van der Waals surface area contributed by atoms with Crippen molar-refractivity contribution < 1.29 is 9.13 Å². The zero-order valence-corrected chi connectivity index (χ0v) is 11.8. The largest absolute Gasteiger partial charge is 0.378 e. The van der Waals surface area contributed by atoms with E-state index in [1.54, 1.807) is 12.1 Å². The molecular formula is C15H21ClFNO. The van der Waals surface area contributed by atoms with Gasteiger partial charge >= 0.3 is 0 Å². The number of benzene rings is 1. The Labute approximate surface area is 119 Å². The fourth-order valence-corrected chi connectivity index (χ4v) is 2.81. The van der Waals surface area contributed by atoms with Gasteiger partial charge in [0.15, 0.2) is 0 Å². The molecule has 1 aromatic carbocycles. The fourth-order valence-electron chi connectivity index (χ4n) is 2.57. The average molecular weight is 286 g/mol. The van der Waals surface area contributed by atoms with Crippen molar-refractivity contribution in [2.24, 2.45) is 5.73 Å². The molecule has 2 nitrogen and oxygen atoms in total. The van der Waals surface area contributed by atoms with E-state index in [1.165, 1.54) is 12.5 Å². The molecular weight excluding hydrogens is 265 g/mol. The van der Waals surface area contributed by atoms with Crippen LogP contribution in [0.3, 0.4) is 0 Å². The van der Waals surface area contributed by atoms with Gasteiger partial charge in [0.2, 0.25) is 0 Å². The van der Waals surface area contributed by atoms with Crippen LogP contribution in [0, 0.1) is 5.82 Å². The Morgan fingerprint density at radius 3 is 3.00 bits per heavy atom. The number of rotatable bonds is 6. The third kappa shape index (κ3) is 4.44. The van der Waals surface area contributed by atoms with Crippen molar-refractivity contribution in [2.45, 2.75) is 50.7 Å². The molecule has 0 saturated carbocycles. The van der Waals surface area contributed by atoms with Crippen LogP contribution < -0.4 is 5.73 Å². The summed E-state index contributed by atoms with van der Waals surface area (Å²) in [6.07, 6.45) is 6.19. The van der Waals surface area contributed by atoms with E-state index in [1.807, 2.05) is 0 Å².